The van der Waals surface area contributed by atoms with Gasteiger partial charge in [-0.05, 0) is 50.7 Å². The predicted octanol–water partition coefficient (Wildman–Crippen LogP) is 3.48. The van der Waals surface area contributed by atoms with E-state index in [9.17, 15) is 14.7 Å². The fourth-order valence-electron chi connectivity index (χ4n) is 7.16. The van der Waals surface area contributed by atoms with E-state index >= 15 is 0 Å². The first kappa shape index (κ1) is 22.9. The highest BCUT2D eigenvalue weighted by molar-refractivity contribution is 5.83. The van der Waals surface area contributed by atoms with Crippen LogP contribution in [0.15, 0.2) is 23.0 Å². The summed E-state index contributed by atoms with van der Waals surface area (Å²) in [5, 5.41) is 13.8. The Bertz CT molecular complexity index is 942. The van der Waals surface area contributed by atoms with Crippen molar-refractivity contribution in [1.29, 1.82) is 0 Å². The molecule has 2 N–H and O–H groups in total. The second kappa shape index (κ2) is 9.75. The second-order valence-electron chi connectivity index (χ2n) is 10.7. The highest BCUT2D eigenvalue weighted by Crippen LogP contribution is 2.50. The summed E-state index contributed by atoms with van der Waals surface area (Å²) in [4.78, 5) is 29.2. The van der Waals surface area contributed by atoms with E-state index in [2.05, 4.69) is 16.3 Å². The molecule has 33 heavy (non-hydrogen) atoms. The Kier molecular flexibility index (Phi) is 6.75. The van der Waals surface area contributed by atoms with E-state index in [0.717, 1.165) is 25.1 Å². The van der Waals surface area contributed by atoms with Crippen molar-refractivity contribution in [2.45, 2.75) is 89.4 Å². The number of allylic oxidation sites excluding steroid dienone is 1. The van der Waals surface area contributed by atoms with Gasteiger partial charge < -0.3 is 15.0 Å². The topological polar surface area (TPSA) is 74.6 Å². The van der Waals surface area contributed by atoms with Gasteiger partial charge in [-0.3, -0.25) is 14.5 Å². The van der Waals surface area contributed by atoms with Crippen molar-refractivity contribution in [3.05, 3.63) is 39.8 Å². The standard InChI is InChI=1S/C27H39N3O3/c1-2-8-19-13-14-23-24-21(16-29(23)27(19)33)22(17-31)25(26(32)28-20-11-6-7-12-20)30(24)15-18-9-4-3-5-10-18/h2,8,13-14,18,20-22,24-25,31H,3-7,9-12,15-17H2,1H3,(H,28,32)/b8-2+/t21-,22-,24+,25-/m0/s1. The lowest BCUT2D eigenvalue weighted by Gasteiger charge is -2.35. The van der Waals surface area contributed by atoms with Crippen molar-refractivity contribution in [2.24, 2.45) is 17.8 Å². The molecule has 2 saturated carbocycles. The summed E-state index contributed by atoms with van der Waals surface area (Å²) in [6.45, 7) is 3.37. The fourth-order valence-corrected chi connectivity index (χ4v) is 7.16. The van der Waals surface area contributed by atoms with Gasteiger partial charge in [-0.15, -0.1) is 0 Å². The minimum atomic E-state index is -0.313. The van der Waals surface area contributed by atoms with Crippen LogP contribution in [0.5, 0.6) is 0 Å². The van der Waals surface area contributed by atoms with E-state index in [1.807, 2.05) is 29.7 Å². The molecule has 1 aromatic heterocycles. The van der Waals surface area contributed by atoms with Crippen LogP contribution in [0.3, 0.4) is 0 Å². The van der Waals surface area contributed by atoms with Crippen LogP contribution < -0.4 is 10.9 Å². The average molecular weight is 454 g/mol. The number of aliphatic hydroxyl groups is 1. The van der Waals surface area contributed by atoms with Crippen LogP contribution in [0.4, 0.5) is 0 Å². The van der Waals surface area contributed by atoms with E-state index in [1.165, 1.54) is 44.9 Å². The Balaban J connectivity index is 1.49. The van der Waals surface area contributed by atoms with Crippen molar-refractivity contribution in [3.63, 3.8) is 0 Å². The Morgan fingerprint density at radius 1 is 1.12 bits per heavy atom. The molecule has 6 nitrogen and oxygen atoms in total. The highest BCUT2D eigenvalue weighted by atomic mass is 16.3. The molecular formula is C27H39N3O3. The molecule has 180 valence electrons. The van der Waals surface area contributed by atoms with Crippen LogP contribution in [-0.2, 0) is 11.3 Å². The summed E-state index contributed by atoms with van der Waals surface area (Å²) in [7, 11) is 0. The van der Waals surface area contributed by atoms with Crippen molar-refractivity contribution in [3.8, 4) is 0 Å². The van der Waals surface area contributed by atoms with Crippen LogP contribution >= 0.6 is 0 Å². The van der Waals surface area contributed by atoms with Gasteiger partial charge in [0, 0.05) is 48.8 Å². The zero-order valence-electron chi connectivity index (χ0n) is 19.9. The number of aliphatic hydroxyl groups excluding tert-OH is 1. The number of carbonyl (C=O) groups is 1. The fraction of sp³-hybridized carbons (Fsp3) is 0.704. The van der Waals surface area contributed by atoms with Crippen LogP contribution in [-0.4, -0.2) is 45.7 Å². The SMILES string of the molecule is C/C=C/c1ccc2n(c1=O)C[C@H]1[C@H](CO)[C@@H](C(=O)NC3CCCC3)N(CC3CCCCC3)[C@@H]21. The predicted molar refractivity (Wildman–Crippen MR) is 130 cm³/mol. The first-order valence-electron chi connectivity index (χ1n) is 13.2. The smallest absolute Gasteiger partial charge is 0.258 e. The highest BCUT2D eigenvalue weighted by Gasteiger charge is 2.55. The molecule has 0 bridgehead atoms. The van der Waals surface area contributed by atoms with Crippen LogP contribution in [0, 0.1) is 17.8 Å². The van der Waals surface area contributed by atoms with Gasteiger partial charge in [0.15, 0.2) is 0 Å². The summed E-state index contributed by atoms with van der Waals surface area (Å²) in [6.07, 6.45) is 14.5. The van der Waals surface area contributed by atoms with E-state index in [1.54, 1.807) is 0 Å². The molecule has 3 fully saturated rings. The summed E-state index contributed by atoms with van der Waals surface area (Å²) >= 11 is 0. The maximum absolute atomic E-state index is 13.6. The quantitative estimate of drug-likeness (QED) is 0.692. The molecule has 2 aliphatic heterocycles. The largest absolute Gasteiger partial charge is 0.396 e. The first-order valence-corrected chi connectivity index (χ1v) is 13.2. The maximum atomic E-state index is 13.6. The number of hydrogen-bond donors (Lipinski definition) is 2. The minimum Gasteiger partial charge on any atom is -0.396 e. The molecule has 0 spiro atoms. The van der Waals surface area contributed by atoms with Gasteiger partial charge in [-0.25, -0.2) is 0 Å². The lowest BCUT2D eigenvalue weighted by Crippen LogP contribution is -2.51. The number of nitrogens with one attached hydrogen (secondary N) is 1. The van der Waals surface area contributed by atoms with Crippen molar-refractivity contribution < 1.29 is 9.90 Å². The zero-order valence-corrected chi connectivity index (χ0v) is 19.9. The number of likely N-dealkylation sites (tertiary alicyclic amines) is 1. The van der Waals surface area contributed by atoms with E-state index in [-0.39, 0.29) is 48.0 Å². The van der Waals surface area contributed by atoms with Crippen LogP contribution in [0.1, 0.15) is 82.0 Å². The maximum Gasteiger partial charge on any atom is 0.258 e. The molecule has 4 aliphatic rings. The number of aromatic nitrogens is 1. The van der Waals surface area contributed by atoms with Crippen molar-refractivity contribution in [1.82, 2.24) is 14.8 Å². The Hall–Kier alpha value is -1.92. The van der Waals surface area contributed by atoms with Gasteiger partial charge in [0.25, 0.3) is 5.56 Å². The lowest BCUT2D eigenvalue weighted by molar-refractivity contribution is -0.128. The van der Waals surface area contributed by atoms with Gasteiger partial charge >= 0.3 is 0 Å². The number of hydrogen-bond acceptors (Lipinski definition) is 4. The zero-order chi connectivity index (χ0) is 22.9. The molecule has 1 amide bonds. The molecule has 3 heterocycles. The number of carbonyl (C=O) groups excluding carboxylic acids is 1. The molecule has 0 unspecified atom stereocenters. The van der Waals surface area contributed by atoms with Gasteiger partial charge in [-0.2, -0.15) is 0 Å². The van der Waals surface area contributed by atoms with E-state index in [4.69, 9.17) is 0 Å². The normalized spacial score (nSPS) is 30.7. The van der Waals surface area contributed by atoms with Gasteiger partial charge in [0.1, 0.15) is 0 Å². The van der Waals surface area contributed by atoms with Crippen LogP contribution in [0.2, 0.25) is 0 Å². The molecule has 5 rings (SSSR count). The molecule has 1 aromatic rings. The monoisotopic (exact) mass is 453 g/mol. The van der Waals surface area contributed by atoms with Crippen molar-refractivity contribution >= 4 is 12.0 Å². The number of rotatable bonds is 6. The number of amides is 1. The summed E-state index contributed by atoms with van der Waals surface area (Å²) in [5.74, 6) is 0.614. The number of fused-ring (bicyclic) bond motifs is 3. The van der Waals surface area contributed by atoms with Gasteiger partial charge in [0.2, 0.25) is 5.91 Å². The Morgan fingerprint density at radius 3 is 2.55 bits per heavy atom. The molecule has 0 radical (unpaired) electrons. The first-order chi connectivity index (χ1) is 16.1. The third-order valence-electron chi connectivity index (χ3n) is 8.73. The molecule has 4 atom stereocenters. The number of nitrogens with zero attached hydrogens (tertiary/aromatic N) is 2. The van der Waals surface area contributed by atoms with E-state index in [0.29, 0.717) is 18.0 Å². The van der Waals surface area contributed by atoms with Crippen LogP contribution in [0.25, 0.3) is 6.08 Å². The molecule has 6 heteroatoms. The average Bonchev–Trinajstić information content (AvgIpc) is 3.53. The number of pyridine rings is 1. The van der Waals surface area contributed by atoms with Gasteiger partial charge in [-0.1, -0.05) is 44.3 Å². The second-order valence-corrected chi connectivity index (χ2v) is 10.7. The third kappa shape index (κ3) is 4.21. The molecule has 0 aromatic carbocycles. The third-order valence-corrected chi connectivity index (χ3v) is 8.73. The Labute approximate surface area is 197 Å². The van der Waals surface area contributed by atoms with Gasteiger partial charge in [0.05, 0.1) is 12.1 Å². The molecule has 1 saturated heterocycles. The summed E-state index contributed by atoms with van der Waals surface area (Å²) in [6, 6.07) is 3.99. The summed E-state index contributed by atoms with van der Waals surface area (Å²) < 4.78 is 1.91. The summed E-state index contributed by atoms with van der Waals surface area (Å²) in [5.41, 5.74) is 1.76. The van der Waals surface area contributed by atoms with Crippen molar-refractivity contribution in [2.75, 3.05) is 13.2 Å². The Morgan fingerprint density at radius 2 is 1.85 bits per heavy atom. The molecule has 2 aliphatic carbocycles. The van der Waals surface area contributed by atoms with E-state index < -0.39 is 0 Å². The minimum absolute atomic E-state index is 0.0183. The molecular weight excluding hydrogens is 414 g/mol. The lowest BCUT2D eigenvalue weighted by atomic mass is 9.88.